The van der Waals surface area contributed by atoms with Crippen LogP contribution in [0.25, 0.3) is 0 Å². The quantitative estimate of drug-likeness (QED) is 0.674. The molecule has 0 saturated heterocycles. The molecule has 1 saturated carbocycles. The number of nitrogens with one attached hydrogen (secondary N) is 1. The maximum absolute atomic E-state index is 13.3. The van der Waals surface area contributed by atoms with Gasteiger partial charge in [0.15, 0.2) is 0 Å². The van der Waals surface area contributed by atoms with E-state index in [9.17, 15) is 22.7 Å². The van der Waals surface area contributed by atoms with E-state index in [4.69, 9.17) is 4.74 Å². The van der Waals surface area contributed by atoms with Crippen molar-refractivity contribution < 1.29 is 27.4 Å². The van der Waals surface area contributed by atoms with Crippen molar-refractivity contribution in [2.24, 2.45) is 0 Å². The zero-order valence-corrected chi connectivity index (χ0v) is 18.0. The Morgan fingerprint density at radius 1 is 1.26 bits per heavy atom. The van der Waals surface area contributed by atoms with Crippen molar-refractivity contribution in [3.8, 4) is 5.75 Å². The largest absolute Gasteiger partial charge is 0.497 e. The van der Waals surface area contributed by atoms with Crippen LogP contribution < -0.4 is 14.4 Å². The Morgan fingerprint density at radius 3 is 2.68 bits per heavy atom. The maximum atomic E-state index is 13.3. The van der Waals surface area contributed by atoms with E-state index in [1.165, 1.54) is 12.1 Å². The Morgan fingerprint density at radius 2 is 2.00 bits per heavy atom. The number of benzene rings is 2. The molecule has 0 bridgehead atoms. The Hall–Kier alpha value is -2.65. The normalized spacial score (nSPS) is 22.6. The number of halogens is 1. The van der Waals surface area contributed by atoms with Crippen LogP contribution >= 0.6 is 0 Å². The number of carbonyl (C=O) groups is 1. The highest BCUT2D eigenvalue weighted by Crippen LogP contribution is 2.54. The Kier molecular flexibility index (Phi) is 5.65. The van der Waals surface area contributed by atoms with E-state index in [2.05, 4.69) is 4.72 Å². The zero-order chi connectivity index (χ0) is 22.2. The summed E-state index contributed by atoms with van der Waals surface area (Å²) in [5.41, 5.74) is 0.775. The third-order valence-electron chi connectivity index (χ3n) is 6.24. The van der Waals surface area contributed by atoms with Crippen LogP contribution in [-0.2, 0) is 14.8 Å². The number of ether oxygens (including phenoxy) is 1. The van der Waals surface area contributed by atoms with Gasteiger partial charge in [-0.25, -0.2) is 12.8 Å². The highest BCUT2D eigenvalue weighted by atomic mass is 32.2. The fraction of sp³-hybridized carbons (Fsp3) is 0.409. The lowest BCUT2D eigenvalue weighted by molar-refractivity contribution is -0.136. The van der Waals surface area contributed by atoms with Crippen LogP contribution in [0.2, 0.25) is 0 Å². The standard InChI is InChI=1S/C22H25FN2O5S/c1-30-16-7-10-20-18(14-16)19-4-2-3-12-22(19,25(20)13-11-21(26)27)24-31(28,29)17-8-5-15(23)6-9-17/h5-10,14,19,24H,2-4,11-13H2,1H3,(H,26,27). The zero-order valence-electron chi connectivity index (χ0n) is 17.2. The van der Waals surface area contributed by atoms with Gasteiger partial charge in [0.25, 0.3) is 0 Å². The van der Waals surface area contributed by atoms with Crippen LogP contribution in [0.1, 0.15) is 43.6 Å². The fourth-order valence-electron chi connectivity index (χ4n) is 4.90. The molecule has 166 valence electrons. The molecular formula is C22H25FN2O5S. The van der Waals surface area contributed by atoms with Crippen LogP contribution in [0.3, 0.4) is 0 Å². The van der Waals surface area contributed by atoms with Crippen molar-refractivity contribution in [2.75, 3.05) is 18.6 Å². The number of rotatable bonds is 7. The molecule has 2 atom stereocenters. The summed E-state index contributed by atoms with van der Waals surface area (Å²) in [5.74, 6) is -0.961. The third kappa shape index (κ3) is 3.87. The third-order valence-corrected chi connectivity index (χ3v) is 7.76. The SMILES string of the molecule is COc1ccc2c(c1)C1CCCCC1(NS(=O)(=O)c1ccc(F)cc1)N2CCC(=O)O. The van der Waals surface area contributed by atoms with E-state index in [1.54, 1.807) is 13.2 Å². The van der Waals surface area contributed by atoms with Gasteiger partial charge in [-0.05, 0) is 67.3 Å². The highest BCUT2D eigenvalue weighted by Gasteiger charge is 2.54. The fourth-order valence-corrected chi connectivity index (χ4v) is 6.33. The first-order chi connectivity index (χ1) is 14.8. The Balaban J connectivity index is 1.80. The first-order valence-electron chi connectivity index (χ1n) is 10.2. The summed E-state index contributed by atoms with van der Waals surface area (Å²) in [6.45, 7) is 0.164. The monoisotopic (exact) mass is 448 g/mol. The molecular weight excluding hydrogens is 423 g/mol. The average molecular weight is 449 g/mol. The first kappa shape index (κ1) is 21.6. The highest BCUT2D eigenvalue weighted by molar-refractivity contribution is 7.89. The second-order valence-electron chi connectivity index (χ2n) is 8.00. The second-order valence-corrected chi connectivity index (χ2v) is 9.68. The molecule has 1 fully saturated rings. The Bertz CT molecular complexity index is 1090. The van der Waals surface area contributed by atoms with E-state index in [-0.39, 0.29) is 23.8 Å². The van der Waals surface area contributed by atoms with Crippen molar-refractivity contribution in [1.82, 2.24) is 4.72 Å². The van der Waals surface area contributed by atoms with Crippen molar-refractivity contribution in [3.63, 3.8) is 0 Å². The molecule has 0 radical (unpaired) electrons. The van der Waals surface area contributed by atoms with Crippen molar-refractivity contribution >= 4 is 21.7 Å². The minimum absolute atomic E-state index is 0.0284. The van der Waals surface area contributed by atoms with Crippen LogP contribution in [0.4, 0.5) is 10.1 Å². The molecule has 2 aliphatic rings. The van der Waals surface area contributed by atoms with Gasteiger partial charge >= 0.3 is 5.97 Å². The predicted molar refractivity (Wildman–Crippen MR) is 113 cm³/mol. The second kappa shape index (κ2) is 8.12. The van der Waals surface area contributed by atoms with Gasteiger partial charge in [-0.15, -0.1) is 0 Å². The van der Waals surface area contributed by atoms with E-state index in [0.29, 0.717) is 12.2 Å². The number of fused-ring (bicyclic) bond motifs is 3. The van der Waals surface area contributed by atoms with Crippen molar-refractivity contribution in [3.05, 3.63) is 53.8 Å². The number of sulfonamides is 1. The van der Waals surface area contributed by atoms with Gasteiger partial charge in [0.1, 0.15) is 17.2 Å². The number of carboxylic acids is 1. The summed E-state index contributed by atoms with van der Waals surface area (Å²) in [7, 11) is -2.41. The maximum Gasteiger partial charge on any atom is 0.305 e. The summed E-state index contributed by atoms with van der Waals surface area (Å²) >= 11 is 0. The molecule has 2 aromatic carbocycles. The lowest BCUT2D eigenvalue weighted by Gasteiger charge is -2.46. The van der Waals surface area contributed by atoms with Gasteiger partial charge in [0.2, 0.25) is 10.0 Å². The number of carboxylic acid groups (broad SMARTS) is 1. The molecule has 2 aromatic rings. The Labute approximate surface area is 180 Å². The average Bonchev–Trinajstić information content (AvgIpc) is 3.00. The number of aliphatic carboxylic acids is 1. The minimum Gasteiger partial charge on any atom is -0.497 e. The van der Waals surface area contributed by atoms with Crippen molar-refractivity contribution in [2.45, 2.75) is 48.6 Å². The van der Waals surface area contributed by atoms with Crippen LogP contribution in [0.15, 0.2) is 47.4 Å². The molecule has 0 amide bonds. The molecule has 9 heteroatoms. The van der Waals surface area contributed by atoms with E-state index >= 15 is 0 Å². The number of hydrogen-bond acceptors (Lipinski definition) is 5. The van der Waals surface area contributed by atoms with Crippen LogP contribution in [-0.4, -0.2) is 38.8 Å². The summed E-state index contributed by atoms with van der Waals surface area (Å²) in [5, 5.41) is 9.30. The topological polar surface area (TPSA) is 95.9 Å². The summed E-state index contributed by atoms with van der Waals surface area (Å²) in [6.07, 6.45) is 2.91. The van der Waals surface area contributed by atoms with Gasteiger partial charge in [-0.2, -0.15) is 4.72 Å². The number of hydrogen-bond donors (Lipinski definition) is 2. The molecule has 4 rings (SSSR count). The molecule has 2 N–H and O–H groups in total. The van der Waals surface area contributed by atoms with Gasteiger partial charge in [-0.1, -0.05) is 6.42 Å². The summed E-state index contributed by atoms with van der Waals surface area (Å²) in [4.78, 5) is 13.2. The number of nitrogens with zero attached hydrogens (tertiary/aromatic N) is 1. The molecule has 0 spiro atoms. The van der Waals surface area contributed by atoms with Gasteiger partial charge in [0.05, 0.1) is 18.4 Å². The number of methoxy groups -OCH3 is 1. The van der Waals surface area contributed by atoms with Gasteiger partial charge in [0, 0.05) is 18.2 Å². The van der Waals surface area contributed by atoms with Gasteiger partial charge < -0.3 is 14.7 Å². The minimum atomic E-state index is -3.98. The molecule has 7 nitrogen and oxygen atoms in total. The summed E-state index contributed by atoms with van der Waals surface area (Å²) in [6, 6.07) is 10.3. The van der Waals surface area contributed by atoms with E-state index in [1.807, 2.05) is 17.0 Å². The molecule has 1 aliphatic carbocycles. The van der Waals surface area contributed by atoms with Crippen LogP contribution in [0, 0.1) is 5.82 Å². The van der Waals surface area contributed by atoms with Gasteiger partial charge in [-0.3, -0.25) is 4.79 Å². The van der Waals surface area contributed by atoms with Crippen molar-refractivity contribution in [1.29, 1.82) is 0 Å². The smallest absolute Gasteiger partial charge is 0.305 e. The molecule has 1 aliphatic heterocycles. The molecule has 1 heterocycles. The molecule has 31 heavy (non-hydrogen) atoms. The molecule has 2 unspecified atom stereocenters. The number of anilines is 1. The lowest BCUT2D eigenvalue weighted by Crippen LogP contribution is -2.62. The first-order valence-corrected chi connectivity index (χ1v) is 11.7. The van der Waals surface area contributed by atoms with E-state index < -0.39 is 27.5 Å². The van der Waals surface area contributed by atoms with Crippen LogP contribution in [0.5, 0.6) is 5.75 Å². The predicted octanol–water partition coefficient (Wildman–Crippen LogP) is 3.46. The lowest BCUT2D eigenvalue weighted by atomic mass is 9.77. The molecule has 0 aromatic heterocycles. The summed E-state index contributed by atoms with van der Waals surface area (Å²) < 4.78 is 48.2. The van der Waals surface area contributed by atoms with E-state index in [0.717, 1.165) is 42.6 Å².